The van der Waals surface area contributed by atoms with Gasteiger partial charge in [-0.1, -0.05) is 30.3 Å². The van der Waals surface area contributed by atoms with Crippen molar-refractivity contribution in [2.75, 3.05) is 6.61 Å². The van der Waals surface area contributed by atoms with Gasteiger partial charge >= 0.3 is 0 Å². The quantitative estimate of drug-likeness (QED) is 0.536. The van der Waals surface area contributed by atoms with E-state index in [1.165, 1.54) is 0 Å². The Hall–Kier alpha value is -1.55. The van der Waals surface area contributed by atoms with Gasteiger partial charge in [-0.15, -0.1) is 0 Å². The van der Waals surface area contributed by atoms with E-state index in [-0.39, 0.29) is 6.61 Å². The van der Waals surface area contributed by atoms with E-state index < -0.39 is 5.54 Å². The molecule has 1 aromatic carbocycles. The third-order valence-corrected chi connectivity index (χ3v) is 3.00. The Labute approximate surface area is 102 Å². The van der Waals surface area contributed by atoms with E-state index >= 15 is 0 Å². The molecule has 17 heavy (non-hydrogen) atoms. The zero-order valence-corrected chi connectivity index (χ0v) is 10.1. The SMILES string of the molecule is CC(CO)(NC(N)=NC1CC1)c1ccccc1. The number of nitrogens with one attached hydrogen (secondary N) is 1. The molecule has 1 aliphatic rings. The first-order valence-electron chi connectivity index (χ1n) is 5.92. The topological polar surface area (TPSA) is 70.6 Å². The second-order valence-electron chi connectivity index (χ2n) is 4.73. The van der Waals surface area contributed by atoms with Gasteiger partial charge in [0.1, 0.15) is 0 Å². The summed E-state index contributed by atoms with van der Waals surface area (Å²) >= 11 is 0. The average molecular weight is 233 g/mol. The predicted molar refractivity (Wildman–Crippen MR) is 68.7 cm³/mol. The smallest absolute Gasteiger partial charge is 0.189 e. The van der Waals surface area contributed by atoms with Crippen molar-refractivity contribution >= 4 is 5.96 Å². The van der Waals surface area contributed by atoms with Crippen LogP contribution in [0.25, 0.3) is 0 Å². The second-order valence-corrected chi connectivity index (χ2v) is 4.73. The van der Waals surface area contributed by atoms with E-state index in [1.54, 1.807) is 0 Å². The van der Waals surface area contributed by atoms with Crippen LogP contribution in [0.2, 0.25) is 0 Å². The van der Waals surface area contributed by atoms with Crippen LogP contribution >= 0.6 is 0 Å². The highest BCUT2D eigenvalue weighted by Gasteiger charge is 2.27. The van der Waals surface area contributed by atoms with Crippen molar-refractivity contribution in [1.82, 2.24) is 5.32 Å². The van der Waals surface area contributed by atoms with Crippen molar-refractivity contribution in [1.29, 1.82) is 0 Å². The highest BCUT2D eigenvalue weighted by atomic mass is 16.3. The third-order valence-electron chi connectivity index (χ3n) is 3.00. The summed E-state index contributed by atoms with van der Waals surface area (Å²) < 4.78 is 0. The molecule has 1 atom stereocenters. The number of nitrogens with two attached hydrogens (primary N) is 1. The number of aliphatic hydroxyl groups is 1. The first-order chi connectivity index (χ1) is 8.14. The molecule has 1 aliphatic carbocycles. The number of aliphatic imine (C=N–C) groups is 1. The number of nitrogens with zero attached hydrogens (tertiary/aromatic N) is 1. The summed E-state index contributed by atoms with van der Waals surface area (Å²) in [6.45, 7) is 1.88. The van der Waals surface area contributed by atoms with Gasteiger partial charge in [0.25, 0.3) is 0 Å². The number of benzene rings is 1. The highest BCUT2D eigenvalue weighted by Crippen LogP contribution is 2.24. The van der Waals surface area contributed by atoms with Crippen molar-refractivity contribution < 1.29 is 5.11 Å². The second kappa shape index (κ2) is 4.75. The number of rotatable bonds is 4. The normalized spacial score (nSPS) is 19.8. The molecule has 1 aromatic rings. The van der Waals surface area contributed by atoms with E-state index in [2.05, 4.69) is 10.3 Å². The largest absolute Gasteiger partial charge is 0.394 e. The Morgan fingerprint density at radius 3 is 2.65 bits per heavy atom. The zero-order valence-electron chi connectivity index (χ0n) is 10.1. The summed E-state index contributed by atoms with van der Waals surface area (Å²) in [5, 5.41) is 12.7. The van der Waals surface area contributed by atoms with Gasteiger partial charge in [-0.25, -0.2) is 0 Å². The Kier molecular flexibility index (Phi) is 3.33. The molecule has 0 spiro atoms. The highest BCUT2D eigenvalue weighted by molar-refractivity contribution is 5.79. The molecule has 0 aromatic heterocycles. The Morgan fingerprint density at radius 1 is 1.47 bits per heavy atom. The molecule has 1 unspecified atom stereocenters. The van der Waals surface area contributed by atoms with Gasteiger partial charge in [0, 0.05) is 0 Å². The van der Waals surface area contributed by atoms with Crippen LogP contribution in [0.3, 0.4) is 0 Å². The lowest BCUT2D eigenvalue weighted by Gasteiger charge is -2.29. The molecule has 0 heterocycles. The van der Waals surface area contributed by atoms with Crippen molar-refractivity contribution in [2.45, 2.75) is 31.3 Å². The summed E-state index contributed by atoms with van der Waals surface area (Å²) in [5.74, 6) is 0.410. The standard InChI is InChI=1S/C13H19N3O/c1-13(9-17,10-5-3-2-4-6-10)16-12(14)15-11-7-8-11/h2-6,11,17H,7-9H2,1H3,(H3,14,15,16). The van der Waals surface area contributed by atoms with Gasteiger partial charge in [0.15, 0.2) is 5.96 Å². The number of hydrogen-bond donors (Lipinski definition) is 3. The van der Waals surface area contributed by atoms with E-state index in [1.807, 2.05) is 37.3 Å². The molecule has 1 saturated carbocycles. The molecule has 2 rings (SSSR count). The first kappa shape index (κ1) is 11.9. The van der Waals surface area contributed by atoms with Crippen LogP contribution in [0.5, 0.6) is 0 Å². The minimum atomic E-state index is -0.580. The Bertz CT molecular complexity index is 400. The molecule has 4 heteroatoms. The third kappa shape index (κ3) is 2.97. The number of guanidine groups is 1. The molecule has 1 fully saturated rings. The first-order valence-corrected chi connectivity index (χ1v) is 5.92. The summed E-state index contributed by atoms with van der Waals surface area (Å²) in [7, 11) is 0. The molecule has 0 amide bonds. The summed E-state index contributed by atoms with van der Waals surface area (Å²) in [5.41, 5.74) is 6.26. The van der Waals surface area contributed by atoms with Gasteiger partial charge in [-0.2, -0.15) is 0 Å². The van der Waals surface area contributed by atoms with Gasteiger partial charge in [0.2, 0.25) is 0 Å². The lowest BCUT2D eigenvalue weighted by atomic mass is 9.93. The number of hydrogen-bond acceptors (Lipinski definition) is 2. The van der Waals surface area contributed by atoms with Crippen LogP contribution in [0.15, 0.2) is 35.3 Å². The van der Waals surface area contributed by atoms with Crippen molar-refractivity contribution in [3.8, 4) is 0 Å². The van der Waals surface area contributed by atoms with E-state index in [0.29, 0.717) is 12.0 Å². The lowest BCUT2D eigenvalue weighted by Crippen LogP contribution is -2.49. The average Bonchev–Trinajstić information content (AvgIpc) is 3.13. The van der Waals surface area contributed by atoms with Crippen molar-refractivity contribution in [3.05, 3.63) is 35.9 Å². The van der Waals surface area contributed by atoms with E-state index in [4.69, 9.17) is 5.73 Å². The molecule has 0 aliphatic heterocycles. The molecule has 92 valence electrons. The van der Waals surface area contributed by atoms with Gasteiger partial charge in [-0.05, 0) is 25.3 Å². The number of aliphatic hydroxyl groups excluding tert-OH is 1. The molecule has 0 saturated heterocycles. The van der Waals surface area contributed by atoms with Crippen LogP contribution in [0.1, 0.15) is 25.3 Å². The molecule has 4 nitrogen and oxygen atoms in total. The fourth-order valence-corrected chi connectivity index (χ4v) is 1.72. The van der Waals surface area contributed by atoms with Gasteiger partial charge in [0.05, 0.1) is 18.2 Å². The fourth-order valence-electron chi connectivity index (χ4n) is 1.72. The van der Waals surface area contributed by atoms with E-state index in [9.17, 15) is 5.11 Å². The predicted octanol–water partition coefficient (Wildman–Crippen LogP) is 0.961. The maximum Gasteiger partial charge on any atom is 0.189 e. The minimum Gasteiger partial charge on any atom is -0.394 e. The summed E-state index contributed by atoms with van der Waals surface area (Å²) in [6, 6.07) is 10.1. The monoisotopic (exact) mass is 233 g/mol. The van der Waals surface area contributed by atoms with Crippen molar-refractivity contribution in [3.63, 3.8) is 0 Å². The van der Waals surface area contributed by atoms with Crippen LogP contribution in [0, 0.1) is 0 Å². The Morgan fingerprint density at radius 2 is 2.12 bits per heavy atom. The van der Waals surface area contributed by atoms with Crippen LogP contribution in [0.4, 0.5) is 0 Å². The molecular weight excluding hydrogens is 214 g/mol. The van der Waals surface area contributed by atoms with Crippen molar-refractivity contribution in [2.24, 2.45) is 10.7 Å². The van der Waals surface area contributed by atoms with Crippen LogP contribution in [-0.4, -0.2) is 23.7 Å². The summed E-state index contributed by atoms with van der Waals surface area (Å²) in [4.78, 5) is 4.32. The molecule has 0 bridgehead atoms. The fraction of sp³-hybridized carbons (Fsp3) is 0.462. The maximum atomic E-state index is 9.56. The maximum absolute atomic E-state index is 9.56. The molecular formula is C13H19N3O. The van der Waals surface area contributed by atoms with Gasteiger partial charge < -0.3 is 16.2 Å². The van der Waals surface area contributed by atoms with E-state index in [0.717, 1.165) is 18.4 Å². The van der Waals surface area contributed by atoms with Gasteiger partial charge in [-0.3, -0.25) is 4.99 Å². The summed E-state index contributed by atoms with van der Waals surface area (Å²) in [6.07, 6.45) is 2.23. The van der Waals surface area contributed by atoms with Crippen LogP contribution < -0.4 is 11.1 Å². The van der Waals surface area contributed by atoms with Crippen LogP contribution in [-0.2, 0) is 5.54 Å². The Balaban J connectivity index is 2.13. The molecule has 0 radical (unpaired) electrons. The zero-order chi connectivity index (χ0) is 12.3. The molecule has 4 N–H and O–H groups in total. The lowest BCUT2D eigenvalue weighted by molar-refractivity contribution is 0.193. The minimum absolute atomic E-state index is 0.0299.